The standard InChI is InChI=1S/C12H12N2O6S2.2C3H9N/c13-7-1-3-9(11(5-7)21(15,16)17)10-4-2-8(14)6-12(10)22(18,19)20;2*1-2-3-4/h1-6H,13-14H2,(H,15,16,17)(H,18,19,20);2*2-4H2,1H3. The largest absolute Gasteiger partial charge is 0.744 e. The molecular weight excluding hydrogens is 432 g/mol. The van der Waals surface area contributed by atoms with Crippen molar-refractivity contribution in [3.63, 3.8) is 0 Å². The van der Waals surface area contributed by atoms with Crippen molar-refractivity contribution in [3.8, 4) is 11.1 Å². The Morgan fingerprint density at radius 1 is 0.733 bits per heavy atom. The maximum absolute atomic E-state index is 11.3. The summed E-state index contributed by atoms with van der Waals surface area (Å²) in [5.41, 5.74) is 17.6. The lowest BCUT2D eigenvalue weighted by Gasteiger charge is -2.18. The molecule has 0 aliphatic rings. The van der Waals surface area contributed by atoms with Crippen LogP contribution in [0.1, 0.15) is 26.7 Å². The minimum Gasteiger partial charge on any atom is -0.744 e. The van der Waals surface area contributed by atoms with Crippen LogP contribution in [0.5, 0.6) is 0 Å². The second-order valence-electron chi connectivity index (χ2n) is 6.13. The Balaban J connectivity index is 0.000000901. The van der Waals surface area contributed by atoms with Gasteiger partial charge in [0.25, 0.3) is 0 Å². The van der Waals surface area contributed by atoms with E-state index in [1.165, 1.54) is 25.0 Å². The Morgan fingerprint density at radius 2 is 1.00 bits per heavy atom. The molecule has 0 aliphatic carbocycles. The Labute approximate surface area is 177 Å². The van der Waals surface area contributed by atoms with Gasteiger partial charge in [-0.15, -0.1) is 0 Å². The highest BCUT2D eigenvalue weighted by atomic mass is 32.2. The van der Waals surface area contributed by atoms with Crippen molar-refractivity contribution in [2.75, 3.05) is 24.6 Å². The van der Waals surface area contributed by atoms with Gasteiger partial charge in [0.15, 0.2) is 0 Å². The molecule has 2 aromatic carbocycles. The molecule has 0 saturated carbocycles. The topological polar surface area (TPSA) is 222 Å². The van der Waals surface area contributed by atoms with Crippen LogP contribution in [0.25, 0.3) is 11.1 Å². The lowest BCUT2D eigenvalue weighted by molar-refractivity contribution is -0.367. The lowest BCUT2D eigenvalue weighted by Crippen LogP contribution is -2.49. The molecule has 170 valence electrons. The second-order valence-corrected chi connectivity index (χ2v) is 8.82. The van der Waals surface area contributed by atoms with Gasteiger partial charge in [-0.05, 0) is 37.1 Å². The third-order valence-electron chi connectivity index (χ3n) is 3.55. The number of hydrogen-bond donors (Lipinski definition) is 4. The molecule has 0 fully saturated rings. The normalized spacial score (nSPS) is 11.0. The highest BCUT2D eigenvalue weighted by molar-refractivity contribution is 7.86. The minimum atomic E-state index is -4.93. The van der Waals surface area contributed by atoms with Gasteiger partial charge < -0.3 is 32.0 Å². The van der Waals surface area contributed by atoms with Crippen molar-refractivity contribution in [3.05, 3.63) is 36.4 Å². The molecule has 0 spiro atoms. The molecule has 0 aromatic heterocycles. The van der Waals surface area contributed by atoms with Gasteiger partial charge in [-0.1, -0.05) is 26.0 Å². The molecule has 0 aliphatic heterocycles. The van der Waals surface area contributed by atoms with Crippen molar-refractivity contribution in [2.24, 2.45) is 0 Å². The average Bonchev–Trinajstić information content (AvgIpc) is 2.67. The molecule has 12 heteroatoms. The molecule has 0 heterocycles. The van der Waals surface area contributed by atoms with Crippen molar-refractivity contribution < 1.29 is 37.4 Å². The smallest absolute Gasteiger partial charge is 0.125 e. The first-order valence-electron chi connectivity index (χ1n) is 9.13. The van der Waals surface area contributed by atoms with E-state index >= 15 is 0 Å². The van der Waals surface area contributed by atoms with E-state index < -0.39 is 30.0 Å². The summed E-state index contributed by atoms with van der Waals surface area (Å²) in [6.07, 6.45) is 2.42. The monoisotopic (exact) mass is 462 g/mol. The van der Waals surface area contributed by atoms with Crippen LogP contribution in [0, 0.1) is 0 Å². The number of benzene rings is 2. The van der Waals surface area contributed by atoms with Crippen LogP contribution in [0.2, 0.25) is 0 Å². The molecule has 0 saturated heterocycles. The van der Waals surface area contributed by atoms with Crippen LogP contribution < -0.4 is 22.9 Å². The first kappa shape index (κ1) is 27.8. The van der Waals surface area contributed by atoms with E-state index in [0.29, 0.717) is 0 Å². The molecule has 0 amide bonds. The summed E-state index contributed by atoms with van der Waals surface area (Å²) in [5.74, 6) is 0. The van der Waals surface area contributed by atoms with Gasteiger partial charge in [0.2, 0.25) is 0 Å². The molecule has 0 atom stereocenters. The molecule has 0 bridgehead atoms. The summed E-state index contributed by atoms with van der Waals surface area (Å²) in [6, 6.07) is 6.66. The zero-order valence-electron chi connectivity index (χ0n) is 17.1. The molecular formula is C18H30N4O6S2. The third kappa shape index (κ3) is 9.07. The van der Waals surface area contributed by atoms with Crippen LogP contribution >= 0.6 is 0 Å². The predicted molar refractivity (Wildman–Crippen MR) is 113 cm³/mol. The van der Waals surface area contributed by atoms with Crippen molar-refractivity contribution in [1.82, 2.24) is 0 Å². The Kier molecular flexibility index (Phi) is 11.5. The molecule has 10 N–H and O–H groups in total. The Bertz CT molecular complexity index is 937. The molecule has 2 rings (SSSR count). The van der Waals surface area contributed by atoms with Crippen LogP contribution in [0.15, 0.2) is 46.2 Å². The first-order chi connectivity index (χ1) is 13.8. The van der Waals surface area contributed by atoms with Gasteiger partial charge >= 0.3 is 0 Å². The number of nitrogen functional groups attached to an aromatic ring is 2. The molecule has 10 nitrogen and oxygen atoms in total. The third-order valence-corrected chi connectivity index (χ3v) is 5.30. The Morgan fingerprint density at radius 3 is 1.20 bits per heavy atom. The van der Waals surface area contributed by atoms with Crippen molar-refractivity contribution in [2.45, 2.75) is 36.5 Å². The van der Waals surface area contributed by atoms with E-state index in [4.69, 9.17) is 11.5 Å². The van der Waals surface area contributed by atoms with E-state index in [0.717, 1.165) is 37.4 Å². The molecule has 30 heavy (non-hydrogen) atoms. The summed E-state index contributed by atoms with van der Waals surface area (Å²) < 4.78 is 68.1. The van der Waals surface area contributed by atoms with Gasteiger partial charge in [-0.25, -0.2) is 16.8 Å². The lowest BCUT2D eigenvalue weighted by atomic mass is 10.0. The number of nitrogens with two attached hydrogens (primary N) is 2. The fourth-order valence-electron chi connectivity index (χ4n) is 1.94. The summed E-state index contributed by atoms with van der Waals surface area (Å²) in [6.45, 7) is 6.38. The summed E-state index contributed by atoms with van der Waals surface area (Å²) in [7, 11) is -9.87. The quantitative estimate of drug-likeness (QED) is 0.337. The van der Waals surface area contributed by atoms with Crippen LogP contribution in [-0.2, 0) is 20.2 Å². The van der Waals surface area contributed by atoms with Crippen LogP contribution in [-0.4, -0.2) is 39.0 Å². The Hall–Kier alpha value is -2.22. The minimum absolute atomic E-state index is 0.000139. The highest BCUT2D eigenvalue weighted by Gasteiger charge is 2.17. The van der Waals surface area contributed by atoms with E-state index in [1.54, 1.807) is 0 Å². The first-order valence-corrected chi connectivity index (χ1v) is 11.9. The predicted octanol–water partition coefficient (Wildman–Crippen LogP) is -0.397. The van der Waals surface area contributed by atoms with Crippen molar-refractivity contribution >= 4 is 31.6 Å². The van der Waals surface area contributed by atoms with E-state index in [1.807, 2.05) is 0 Å². The number of quaternary nitrogens is 2. The fourth-order valence-corrected chi connectivity index (χ4v) is 3.39. The van der Waals surface area contributed by atoms with Gasteiger partial charge in [0.1, 0.15) is 20.2 Å². The van der Waals surface area contributed by atoms with Crippen LogP contribution in [0.3, 0.4) is 0 Å². The zero-order chi connectivity index (χ0) is 23.5. The average molecular weight is 463 g/mol. The van der Waals surface area contributed by atoms with Gasteiger partial charge in [-0.3, -0.25) is 0 Å². The van der Waals surface area contributed by atoms with Gasteiger partial charge in [-0.2, -0.15) is 0 Å². The SMILES string of the molecule is CCC[NH3+].CCC[NH3+].Nc1ccc(-c2ccc(N)cc2S(=O)(=O)[O-])c(S(=O)(=O)[O-])c1. The maximum Gasteiger partial charge on any atom is 0.125 e. The van der Waals surface area contributed by atoms with E-state index in [2.05, 4.69) is 25.3 Å². The second kappa shape index (κ2) is 12.5. The fraction of sp³-hybridized carbons (Fsp3) is 0.333. The van der Waals surface area contributed by atoms with E-state index in [-0.39, 0.29) is 22.5 Å². The van der Waals surface area contributed by atoms with Crippen LogP contribution in [0.4, 0.5) is 11.4 Å². The maximum atomic E-state index is 11.3. The zero-order valence-corrected chi connectivity index (χ0v) is 18.8. The number of anilines is 2. The van der Waals surface area contributed by atoms with Crippen molar-refractivity contribution in [1.29, 1.82) is 0 Å². The molecule has 0 radical (unpaired) electrons. The highest BCUT2D eigenvalue weighted by Crippen LogP contribution is 2.34. The number of rotatable bonds is 5. The van der Waals surface area contributed by atoms with E-state index in [9.17, 15) is 25.9 Å². The molecule has 0 unspecified atom stereocenters. The number of hydrogen-bond acceptors (Lipinski definition) is 8. The molecule has 2 aromatic rings. The van der Waals surface area contributed by atoms with Gasteiger partial charge in [0.05, 0.1) is 22.9 Å². The van der Waals surface area contributed by atoms with Gasteiger partial charge in [0, 0.05) is 22.5 Å². The summed E-state index contributed by atoms with van der Waals surface area (Å²) in [5, 5.41) is 0. The summed E-state index contributed by atoms with van der Waals surface area (Å²) in [4.78, 5) is -1.44. The summed E-state index contributed by atoms with van der Waals surface area (Å²) >= 11 is 0.